The summed E-state index contributed by atoms with van der Waals surface area (Å²) in [5.41, 5.74) is 1.04. The van der Waals surface area contributed by atoms with Crippen LogP contribution in [0.2, 0.25) is 0 Å². The molecule has 3 N–H and O–H groups in total. The summed E-state index contributed by atoms with van der Waals surface area (Å²) >= 11 is 0. The Hall–Kier alpha value is -3.10. The van der Waals surface area contributed by atoms with Gasteiger partial charge in [-0.15, -0.1) is 5.10 Å². The lowest BCUT2D eigenvalue weighted by molar-refractivity contribution is -0.252. The molecule has 9 nitrogen and oxygen atoms in total. The van der Waals surface area contributed by atoms with Gasteiger partial charge < -0.3 is 25.0 Å². The van der Waals surface area contributed by atoms with E-state index in [1.807, 2.05) is 30.3 Å². The van der Waals surface area contributed by atoms with Gasteiger partial charge in [-0.05, 0) is 18.4 Å². The number of rotatable bonds is 6. The molecule has 1 atom stereocenters. The van der Waals surface area contributed by atoms with Gasteiger partial charge >= 0.3 is 12.0 Å². The molecule has 2 rings (SSSR count). The van der Waals surface area contributed by atoms with E-state index in [4.69, 9.17) is 4.42 Å². The highest BCUT2D eigenvalue weighted by Crippen LogP contribution is 2.19. The first-order valence-corrected chi connectivity index (χ1v) is 6.92. The summed E-state index contributed by atoms with van der Waals surface area (Å²) in [7, 11) is 1.44. The van der Waals surface area contributed by atoms with Gasteiger partial charge in [0.25, 0.3) is 0 Å². The van der Waals surface area contributed by atoms with Gasteiger partial charge in [0.15, 0.2) is 0 Å². The lowest BCUT2D eigenvalue weighted by Gasteiger charge is -2.16. The molecule has 1 aromatic carbocycles. The first-order chi connectivity index (χ1) is 11.1. The van der Waals surface area contributed by atoms with E-state index in [0.29, 0.717) is 12.8 Å². The minimum absolute atomic E-state index is 0.0523. The third kappa shape index (κ3) is 4.99. The monoisotopic (exact) mass is 318 g/mol. The Morgan fingerprint density at radius 2 is 2.00 bits per heavy atom. The van der Waals surface area contributed by atoms with Gasteiger partial charge in [-0.3, -0.25) is 5.32 Å². The smallest absolute Gasteiger partial charge is 0.323 e. The summed E-state index contributed by atoms with van der Waals surface area (Å²) in [4.78, 5) is 22.0. The molecule has 3 amide bonds. The zero-order valence-electron chi connectivity index (χ0n) is 12.4. The van der Waals surface area contributed by atoms with Gasteiger partial charge in [0.05, 0.1) is 0 Å². The van der Waals surface area contributed by atoms with Crippen molar-refractivity contribution in [3.05, 3.63) is 41.8 Å². The van der Waals surface area contributed by atoms with Crippen molar-refractivity contribution in [2.75, 3.05) is 12.4 Å². The van der Waals surface area contributed by atoms with Crippen LogP contribution in [0.5, 0.6) is 0 Å². The molecule has 0 aliphatic heterocycles. The van der Waals surface area contributed by atoms with Crippen molar-refractivity contribution >= 4 is 18.1 Å². The van der Waals surface area contributed by atoms with E-state index in [1.165, 1.54) is 7.05 Å². The van der Waals surface area contributed by atoms with Gasteiger partial charge in [-0.1, -0.05) is 35.4 Å². The zero-order valence-corrected chi connectivity index (χ0v) is 12.4. The van der Waals surface area contributed by atoms with Crippen LogP contribution in [0.4, 0.5) is 15.6 Å². The van der Waals surface area contributed by atoms with E-state index in [0.717, 1.165) is 5.56 Å². The molecule has 0 spiro atoms. The minimum atomic E-state index is -1.44. The Labute approximate surface area is 132 Å². The van der Waals surface area contributed by atoms with Crippen LogP contribution in [0.3, 0.4) is 0 Å². The molecule has 2 aromatic rings. The highest BCUT2D eigenvalue weighted by molar-refractivity contribution is 5.86. The molecule has 1 unspecified atom stereocenters. The van der Waals surface area contributed by atoms with E-state index in [-0.39, 0.29) is 11.9 Å². The molecule has 0 saturated heterocycles. The quantitative estimate of drug-likeness (QED) is 0.707. The molecule has 1 aromatic heterocycles. The van der Waals surface area contributed by atoms with Crippen LogP contribution in [-0.2, 0) is 6.42 Å². The molecule has 1 heterocycles. The number of hydrogen-bond acceptors (Lipinski definition) is 6. The number of hydrogen-bond donors (Lipinski definition) is 3. The van der Waals surface area contributed by atoms with Crippen LogP contribution in [0.1, 0.15) is 23.9 Å². The summed E-state index contributed by atoms with van der Waals surface area (Å²) in [5, 5.41) is 25.1. The van der Waals surface area contributed by atoms with E-state index in [9.17, 15) is 14.7 Å². The SMILES string of the molecule is CNC(=O)Nc1nnc(C(CCc2ccccc2)NC(=O)[O-])o1. The molecule has 0 aliphatic rings. The highest BCUT2D eigenvalue weighted by Gasteiger charge is 2.19. The molecule has 0 radical (unpaired) electrons. The van der Waals surface area contributed by atoms with E-state index in [2.05, 4.69) is 26.1 Å². The largest absolute Gasteiger partial charge is 0.530 e. The first kappa shape index (κ1) is 16.3. The highest BCUT2D eigenvalue weighted by atomic mass is 16.4. The fraction of sp³-hybridized carbons (Fsp3) is 0.286. The standard InChI is InChI=1S/C14H17N5O4/c1-15-12(20)17-13-19-18-11(23-13)10(16-14(21)22)8-7-9-5-3-2-4-6-9/h2-6,10,16H,7-8H2,1H3,(H,21,22)(H2,15,17,19,20)/p-1. The van der Waals surface area contributed by atoms with Gasteiger partial charge in [0, 0.05) is 7.05 Å². The Morgan fingerprint density at radius 1 is 1.26 bits per heavy atom. The Morgan fingerprint density at radius 3 is 2.65 bits per heavy atom. The second kappa shape index (κ2) is 7.78. The number of urea groups is 1. The number of nitrogens with one attached hydrogen (secondary N) is 3. The Bertz CT molecular complexity index is 658. The van der Waals surface area contributed by atoms with Gasteiger partial charge in [0.2, 0.25) is 5.89 Å². The lowest BCUT2D eigenvalue weighted by atomic mass is 10.1. The Kier molecular flexibility index (Phi) is 5.50. The predicted octanol–water partition coefficient (Wildman–Crippen LogP) is 0.428. The molecule has 0 fully saturated rings. The van der Waals surface area contributed by atoms with Crippen molar-refractivity contribution in [1.82, 2.24) is 20.8 Å². The molecule has 0 aliphatic carbocycles. The third-order valence-electron chi connectivity index (χ3n) is 3.04. The van der Waals surface area contributed by atoms with Crippen LogP contribution in [0, 0.1) is 0 Å². The van der Waals surface area contributed by atoms with Crippen LogP contribution in [-0.4, -0.2) is 29.4 Å². The molecular formula is C14H16N5O4-. The maximum Gasteiger partial charge on any atom is 0.323 e. The molecule has 0 saturated carbocycles. The van der Waals surface area contributed by atoms with Crippen molar-refractivity contribution in [2.24, 2.45) is 0 Å². The predicted molar refractivity (Wildman–Crippen MR) is 78.4 cm³/mol. The number of carboxylic acid groups (broad SMARTS) is 1. The van der Waals surface area contributed by atoms with Crippen LogP contribution in [0.15, 0.2) is 34.7 Å². The maximum atomic E-state index is 11.2. The second-order valence-corrected chi connectivity index (χ2v) is 4.66. The lowest BCUT2D eigenvalue weighted by Crippen LogP contribution is -2.39. The molecular weight excluding hydrogens is 302 g/mol. The normalized spacial score (nSPS) is 11.5. The Balaban J connectivity index is 2.05. The number of carbonyl (C=O) groups excluding carboxylic acids is 2. The topological polar surface area (TPSA) is 132 Å². The molecule has 122 valence electrons. The van der Waals surface area contributed by atoms with Crippen molar-refractivity contribution in [1.29, 1.82) is 0 Å². The van der Waals surface area contributed by atoms with Gasteiger partial charge in [-0.2, -0.15) is 0 Å². The third-order valence-corrected chi connectivity index (χ3v) is 3.04. The number of nitrogens with zero attached hydrogens (tertiary/aromatic N) is 2. The number of carbonyl (C=O) groups is 2. The van der Waals surface area contributed by atoms with Gasteiger partial charge in [-0.25, -0.2) is 4.79 Å². The van der Waals surface area contributed by atoms with Crippen molar-refractivity contribution in [2.45, 2.75) is 18.9 Å². The summed E-state index contributed by atoms with van der Waals surface area (Å²) in [6.07, 6.45) is -0.437. The summed E-state index contributed by atoms with van der Waals surface area (Å²) in [6.45, 7) is 0. The number of anilines is 1. The fourth-order valence-corrected chi connectivity index (χ4v) is 1.94. The second-order valence-electron chi connectivity index (χ2n) is 4.66. The average Bonchev–Trinajstić information content (AvgIpc) is 3.00. The zero-order chi connectivity index (χ0) is 16.7. The first-order valence-electron chi connectivity index (χ1n) is 6.92. The maximum absolute atomic E-state index is 11.2. The van der Waals surface area contributed by atoms with E-state index >= 15 is 0 Å². The van der Waals surface area contributed by atoms with Crippen LogP contribution in [0.25, 0.3) is 0 Å². The number of amides is 3. The molecule has 0 bridgehead atoms. The number of benzene rings is 1. The molecule has 9 heteroatoms. The van der Waals surface area contributed by atoms with E-state index < -0.39 is 18.2 Å². The minimum Gasteiger partial charge on any atom is -0.530 e. The average molecular weight is 318 g/mol. The molecule has 23 heavy (non-hydrogen) atoms. The van der Waals surface area contributed by atoms with Gasteiger partial charge in [0.1, 0.15) is 12.1 Å². The van der Waals surface area contributed by atoms with Crippen molar-refractivity contribution in [3.8, 4) is 0 Å². The number of aromatic nitrogens is 2. The summed E-state index contributed by atoms with van der Waals surface area (Å²) in [6, 6.07) is 8.19. The summed E-state index contributed by atoms with van der Waals surface area (Å²) < 4.78 is 5.26. The van der Waals surface area contributed by atoms with E-state index in [1.54, 1.807) is 0 Å². The summed E-state index contributed by atoms with van der Waals surface area (Å²) in [5.74, 6) is 0.0523. The van der Waals surface area contributed by atoms with Crippen LogP contribution < -0.4 is 21.1 Å². The van der Waals surface area contributed by atoms with Crippen molar-refractivity contribution in [3.63, 3.8) is 0 Å². The number of aryl methyl sites for hydroxylation is 1. The van der Waals surface area contributed by atoms with Crippen LogP contribution >= 0.6 is 0 Å². The van der Waals surface area contributed by atoms with Crippen molar-refractivity contribution < 1.29 is 19.1 Å². The fourth-order valence-electron chi connectivity index (χ4n) is 1.94.